The van der Waals surface area contributed by atoms with Gasteiger partial charge in [0.15, 0.2) is 0 Å². The molecule has 1 fully saturated rings. The molecule has 0 saturated carbocycles. The minimum atomic E-state index is 0.500. The van der Waals surface area contributed by atoms with Crippen LogP contribution in [-0.2, 0) is 20.1 Å². The first-order valence-electron chi connectivity index (χ1n) is 8.03. The summed E-state index contributed by atoms with van der Waals surface area (Å²) in [5.74, 6) is 1.12. The largest absolute Gasteiger partial charge is 0.469 e. The summed E-state index contributed by atoms with van der Waals surface area (Å²) >= 11 is 1.55. The van der Waals surface area contributed by atoms with Gasteiger partial charge in [0.2, 0.25) is 0 Å². The Kier molecular flexibility index (Phi) is 5.24. The highest BCUT2D eigenvalue weighted by molar-refractivity contribution is 7.13. The molecule has 2 aromatic rings. The van der Waals surface area contributed by atoms with Gasteiger partial charge >= 0.3 is 0 Å². The predicted octanol–water partition coefficient (Wildman–Crippen LogP) is 1.38. The highest BCUT2D eigenvalue weighted by atomic mass is 32.1. The van der Waals surface area contributed by atoms with Gasteiger partial charge in [0.05, 0.1) is 19.7 Å². The maximum atomic E-state index is 5.39. The molecule has 0 unspecified atom stereocenters. The molecule has 0 aromatic carbocycles. The third-order valence-corrected chi connectivity index (χ3v) is 5.01. The van der Waals surface area contributed by atoms with Gasteiger partial charge in [-0.25, -0.2) is 4.98 Å². The van der Waals surface area contributed by atoms with E-state index in [0.717, 1.165) is 43.6 Å². The molecule has 7 nitrogen and oxygen atoms in total. The first-order chi connectivity index (χ1) is 11.2. The first-order valence-corrected chi connectivity index (χ1v) is 8.85. The zero-order valence-electron chi connectivity index (χ0n) is 14.0. The Labute approximate surface area is 140 Å². The summed E-state index contributed by atoms with van der Waals surface area (Å²) < 4.78 is 7.49. The van der Waals surface area contributed by atoms with Crippen molar-refractivity contribution in [1.29, 1.82) is 0 Å². The number of aromatic nitrogens is 4. The fraction of sp³-hybridized carbons (Fsp3) is 0.667. The van der Waals surface area contributed by atoms with Gasteiger partial charge in [-0.05, 0) is 13.8 Å². The second kappa shape index (κ2) is 7.37. The molecule has 23 heavy (non-hydrogen) atoms. The minimum absolute atomic E-state index is 0.500. The summed E-state index contributed by atoms with van der Waals surface area (Å²) in [6.07, 6.45) is 3.86. The maximum Gasteiger partial charge on any atom is 0.294 e. The third-order valence-electron chi connectivity index (χ3n) is 4.19. The monoisotopic (exact) mass is 336 g/mol. The van der Waals surface area contributed by atoms with Crippen LogP contribution >= 0.6 is 11.3 Å². The van der Waals surface area contributed by atoms with Crippen molar-refractivity contribution < 1.29 is 4.74 Å². The van der Waals surface area contributed by atoms with Crippen molar-refractivity contribution in [3.05, 3.63) is 23.2 Å². The van der Waals surface area contributed by atoms with Crippen LogP contribution < -0.4 is 4.74 Å². The fourth-order valence-electron chi connectivity index (χ4n) is 2.85. The Hall–Kier alpha value is -1.51. The number of nitrogens with zero attached hydrogens (tertiary/aromatic N) is 6. The third kappa shape index (κ3) is 4.07. The SMILES string of the molecule is CCOc1nnc(CN2CCN(Cc3nccn3C)[C@H](C)C2)s1. The molecular formula is C15H24N6OS. The van der Waals surface area contributed by atoms with Crippen LogP contribution in [0.5, 0.6) is 5.19 Å². The van der Waals surface area contributed by atoms with E-state index in [4.69, 9.17) is 4.74 Å². The summed E-state index contributed by atoms with van der Waals surface area (Å²) in [4.78, 5) is 9.36. The number of hydrogen-bond acceptors (Lipinski definition) is 7. The van der Waals surface area contributed by atoms with Crippen molar-refractivity contribution in [2.75, 3.05) is 26.2 Å². The van der Waals surface area contributed by atoms with Crippen LogP contribution in [0, 0.1) is 0 Å². The second-order valence-corrected chi connectivity index (χ2v) is 6.93. The topological polar surface area (TPSA) is 59.3 Å². The molecule has 0 aliphatic carbocycles. The van der Waals surface area contributed by atoms with E-state index in [1.54, 1.807) is 11.3 Å². The van der Waals surface area contributed by atoms with Crippen molar-refractivity contribution in [3.63, 3.8) is 0 Å². The van der Waals surface area contributed by atoms with Gasteiger partial charge in [-0.15, -0.1) is 10.2 Å². The summed E-state index contributed by atoms with van der Waals surface area (Å²) in [6, 6.07) is 0.500. The van der Waals surface area contributed by atoms with Crippen LogP contribution in [0.2, 0.25) is 0 Å². The highest BCUT2D eigenvalue weighted by Crippen LogP contribution is 2.21. The van der Waals surface area contributed by atoms with Gasteiger partial charge in [0.1, 0.15) is 10.8 Å². The Morgan fingerprint density at radius 3 is 2.87 bits per heavy atom. The zero-order chi connectivity index (χ0) is 16.2. The smallest absolute Gasteiger partial charge is 0.294 e. The summed E-state index contributed by atoms with van der Waals surface area (Å²) in [5, 5.41) is 9.98. The average molecular weight is 336 g/mol. The van der Waals surface area contributed by atoms with E-state index < -0.39 is 0 Å². The number of ether oxygens (including phenoxy) is 1. The molecule has 0 bridgehead atoms. The number of rotatable bonds is 6. The van der Waals surface area contributed by atoms with E-state index in [-0.39, 0.29) is 0 Å². The molecular weight excluding hydrogens is 312 g/mol. The van der Waals surface area contributed by atoms with Crippen molar-refractivity contribution in [2.45, 2.75) is 33.0 Å². The lowest BCUT2D eigenvalue weighted by molar-refractivity contribution is 0.0706. The molecule has 2 aromatic heterocycles. The average Bonchev–Trinajstić information content (AvgIpc) is 3.12. The molecule has 1 aliphatic heterocycles. The molecule has 0 spiro atoms. The van der Waals surface area contributed by atoms with Crippen molar-refractivity contribution in [3.8, 4) is 5.19 Å². The van der Waals surface area contributed by atoms with E-state index in [1.807, 2.05) is 19.3 Å². The maximum absolute atomic E-state index is 5.39. The van der Waals surface area contributed by atoms with Crippen LogP contribution in [0.1, 0.15) is 24.7 Å². The molecule has 8 heteroatoms. The molecule has 3 rings (SSSR count). The number of aryl methyl sites for hydroxylation is 1. The van der Waals surface area contributed by atoms with Gasteiger partial charge in [0, 0.05) is 45.1 Å². The molecule has 1 aliphatic rings. The highest BCUT2D eigenvalue weighted by Gasteiger charge is 2.25. The van der Waals surface area contributed by atoms with Gasteiger partial charge in [-0.2, -0.15) is 0 Å². The quantitative estimate of drug-likeness (QED) is 0.794. The Balaban J connectivity index is 1.52. The lowest BCUT2D eigenvalue weighted by Crippen LogP contribution is -2.51. The lowest BCUT2D eigenvalue weighted by atomic mass is 10.2. The van der Waals surface area contributed by atoms with Crippen LogP contribution in [0.3, 0.4) is 0 Å². The van der Waals surface area contributed by atoms with Crippen LogP contribution in [-0.4, -0.2) is 61.8 Å². The van der Waals surface area contributed by atoms with E-state index in [9.17, 15) is 0 Å². The number of hydrogen-bond donors (Lipinski definition) is 0. The van der Waals surface area contributed by atoms with E-state index >= 15 is 0 Å². The summed E-state index contributed by atoms with van der Waals surface area (Å²) in [5.41, 5.74) is 0. The summed E-state index contributed by atoms with van der Waals surface area (Å²) in [7, 11) is 2.05. The molecule has 0 radical (unpaired) electrons. The summed E-state index contributed by atoms with van der Waals surface area (Å²) in [6.45, 7) is 9.76. The first kappa shape index (κ1) is 16.4. The van der Waals surface area contributed by atoms with Crippen molar-refractivity contribution in [2.24, 2.45) is 7.05 Å². The van der Waals surface area contributed by atoms with Gasteiger partial charge in [0.25, 0.3) is 5.19 Å². The Morgan fingerprint density at radius 1 is 1.30 bits per heavy atom. The van der Waals surface area contributed by atoms with E-state index in [1.165, 1.54) is 0 Å². The standard InChI is InChI=1S/C15H24N6OS/c1-4-22-15-18-17-14(23-15)11-20-7-8-21(12(2)9-20)10-13-16-5-6-19(13)3/h5-6,12H,4,7-11H2,1-3H3/t12-/m1/s1. The second-order valence-electron chi connectivity index (χ2n) is 5.90. The zero-order valence-corrected chi connectivity index (χ0v) is 14.8. The van der Waals surface area contributed by atoms with Crippen molar-refractivity contribution in [1.82, 2.24) is 29.5 Å². The molecule has 0 N–H and O–H groups in total. The Bertz CT molecular complexity index is 627. The number of piperazine rings is 1. The molecule has 126 valence electrons. The van der Waals surface area contributed by atoms with Gasteiger partial charge in [-0.1, -0.05) is 11.3 Å². The molecule has 3 heterocycles. The molecule has 0 amide bonds. The van der Waals surface area contributed by atoms with E-state index in [0.29, 0.717) is 17.8 Å². The van der Waals surface area contributed by atoms with Gasteiger partial charge < -0.3 is 9.30 Å². The lowest BCUT2D eigenvalue weighted by Gasteiger charge is -2.39. The predicted molar refractivity (Wildman–Crippen MR) is 89.4 cm³/mol. The Morgan fingerprint density at radius 2 is 2.17 bits per heavy atom. The van der Waals surface area contributed by atoms with Gasteiger partial charge in [-0.3, -0.25) is 9.80 Å². The fourth-order valence-corrected chi connectivity index (χ4v) is 3.64. The molecule has 1 atom stereocenters. The van der Waals surface area contributed by atoms with E-state index in [2.05, 4.69) is 43.5 Å². The minimum Gasteiger partial charge on any atom is -0.469 e. The molecule has 1 saturated heterocycles. The van der Waals surface area contributed by atoms with Crippen LogP contribution in [0.25, 0.3) is 0 Å². The normalized spacial score (nSPS) is 20.0. The van der Waals surface area contributed by atoms with Crippen molar-refractivity contribution >= 4 is 11.3 Å². The van der Waals surface area contributed by atoms with Crippen LogP contribution in [0.15, 0.2) is 12.4 Å². The van der Waals surface area contributed by atoms with Crippen LogP contribution in [0.4, 0.5) is 0 Å². The number of imidazole rings is 1.